The maximum absolute atomic E-state index is 5.55. The number of hydrogen-bond acceptors (Lipinski definition) is 6. The lowest BCUT2D eigenvalue weighted by Gasteiger charge is -2.26. The number of methoxy groups -OCH3 is 3. The lowest BCUT2D eigenvalue weighted by Crippen LogP contribution is -2.15. The van der Waals surface area contributed by atoms with Gasteiger partial charge in [-0.15, -0.1) is 10.2 Å². The summed E-state index contributed by atoms with van der Waals surface area (Å²) in [5.74, 6) is 2.72. The van der Waals surface area contributed by atoms with E-state index in [4.69, 9.17) is 14.2 Å². The first-order chi connectivity index (χ1) is 13.6. The zero-order valence-corrected chi connectivity index (χ0v) is 18.3. The second-order valence-corrected chi connectivity index (χ2v) is 8.62. The highest BCUT2D eigenvalue weighted by molar-refractivity contribution is 7.99. The highest BCUT2D eigenvalue weighted by atomic mass is 32.2. The predicted molar refractivity (Wildman–Crippen MR) is 113 cm³/mol. The smallest absolute Gasteiger partial charge is 0.203 e. The molecule has 1 unspecified atom stereocenters. The highest BCUT2D eigenvalue weighted by Gasteiger charge is 2.26. The summed E-state index contributed by atoms with van der Waals surface area (Å²) in [5, 5.41) is 10.7. The van der Waals surface area contributed by atoms with Gasteiger partial charge in [-0.3, -0.25) is 4.57 Å². The van der Waals surface area contributed by atoms with E-state index in [0.29, 0.717) is 28.5 Å². The van der Waals surface area contributed by atoms with Crippen LogP contribution in [0.4, 0.5) is 0 Å². The van der Waals surface area contributed by atoms with E-state index in [1.165, 1.54) is 32.1 Å². The van der Waals surface area contributed by atoms with Gasteiger partial charge >= 0.3 is 0 Å². The van der Waals surface area contributed by atoms with E-state index >= 15 is 0 Å². The molecule has 1 heterocycles. The van der Waals surface area contributed by atoms with Gasteiger partial charge in [-0.1, -0.05) is 44.9 Å². The Kier molecular flexibility index (Phi) is 7.10. The van der Waals surface area contributed by atoms with Crippen molar-refractivity contribution in [3.05, 3.63) is 12.1 Å². The largest absolute Gasteiger partial charge is 0.493 e. The molecule has 1 aromatic heterocycles. The summed E-state index contributed by atoms with van der Waals surface area (Å²) in [7, 11) is 4.89. The maximum atomic E-state index is 5.55. The van der Waals surface area contributed by atoms with Crippen LogP contribution in [0.15, 0.2) is 17.3 Å². The van der Waals surface area contributed by atoms with Crippen molar-refractivity contribution in [1.82, 2.24) is 14.8 Å². The second-order valence-electron chi connectivity index (χ2n) is 7.22. The normalized spacial score (nSPS) is 16.0. The topological polar surface area (TPSA) is 58.4 Å². The van der Waals surface area contributed by atoms with E-state index in [1.807, 2.05) is 23.9 Å². The standard InChI is InChI=1S/C21H31N3O3S/c1-6-14(2)28-21-23-22-20(24(21)16-10-8-7-9-11-16)15-12-17(25-3)19(27-5)18(13-15)26-4/h12-14,16H,6-11H2,1-5H3. The quantitative estimate of drug-likeness (QED) is 0.551. The summed E-state index contributed by atoms with van der Waals surface area (Å²) >= 11 is 1.81. The molecule has 1 saturated carbocycles. The average Bonchev–Trinajstić information content (AvgIpc) is 3.16. The van der Waals surface area contributed by atoms with Crippen molar-refractivity contribution in [3.8, 4) is 28.6 Å². The summed E-state index contributed by atoms with van der Waals surface area (Å²) in [6.45, 7) is 4.45. The van der Waals surface area contributed by atoms with Crippen LogP contribution in [0.5, 0.6) is 17.2 Å². The highest BCUT2D eigenvalue weighted by Crippen LogP contribution is 2.43. The fourth-order valence-electron chi connectivity index (χ4n) is 3.70. The molecule has 1 aliphatic carbocycles. The first-order valence-corrected chi connectivity index (χ1v) is 10.9. The Morgan fingerprint density at radius 3 is 2.21 bits per heavy atom. The van der Waals surface area contributed by atoms with Crippen LogP contribution in [0, 0.1) is 0 Å². The van der Waals surface area contributed by atoms with Gasteiger partial charge in [-0.2, -0.15) is 0 Å². The Morgan fingerprint density at radius 2 is 1.68 bits per heavy atom. The third-order valence-electron chi connectivity index (χ3n) is 5.41. The Labute approximate surface area is 172 Å². The Morgan fingerprint density at radius 1 is 1.04 bits per heavy atom. The van der Waals surface area contributed by atoms with Crippen molar-refractivity contribution in [1.29, 1.82) is 0 Å². The molecule has 1 aliphatic rings. The van der Waals surface area contributed by atoms with Gasteiger partial charge < -0.3 is 14.2 Å². The fourth-order valence-corrected chi connectivity index (χ4v) is 4.66. The van der Waals surface area contributed by atoms with Crippen molar-refractivity contribution in [2.45, 2.75) is 68.8 Å². The Hall–Kier alpha value is -1.89. The molecule has 0 spiro atoms. The third-order valence-corrected chi connectivity index (χ3v) is 6.63. The molecule has 1 fully saturated rings. The van der Waals surface area contributed by atoms with Crippen molar-refractivity contribution >= 4 is 11.8 Å². The molecule has 0 amide bonds. The fraction of sp³-hybridized carbons (Fsp3) is 0.619. The minimum Gasteiger partial charge on any atom is -0.493 e. The molecule has 0 N–H and O–H groups in total. The molecule has 0 radical (unpaired) electrons. The van der Waals surface area contributed by atoms with Crippen molar-refractivity contribution < 1.29 is 14.2 Å². The molecule has 1 aromatic carbocycles. The molecule has 0 saturated heterocycles. The van der Waals surface area contributed by atoms with Crippen molar-refractivity contribution in [2.75, 3.05) is 21.3 Å². The van der Waals surface area contributed by atoms with Gasteiger partial charge in [-0.25, -0.2) is 0 Å². The van der Waals surface area contributed by atoms with Gasteiger partial charge in [-0.05, 0) is 31.4 Å². The summed E-state index contributed by atoms with van der Waals surface area (Å²) in [5.41, 5.74) is 0.934. The van der Waals surface area contributed by atoms with Gasteiger partial charge in [0.05, 0.1) is 21.3 Å². The van der Waals surface area contributed by atoms with Crippen molar-refractivity contribution in [2.24, 2.45) is 0 Å². The van der Waals surface area contributed by atoms with E-state index in [-0.39, 0.29) is 0 Å². The first-order valence-electron chi connectivity index (χ1n) is 10.0. The van der Waals surface area contributed by atoms with Gasteiger partial charge in [0.15, 0.2) is 22.5 Å². The van der Waals surface area contributed by atoms with E-state index in [1.54, 1.807) is 21.3 Å². The molecule has 2 aromatic rings. The third kappa shape index (κ3) is 4.24. The van der Waals surface area contributed by atoms with E-state index in [9.17, 15) is 0 Å². The summed E-state index contributed by atoms with van der Waals surface area (Å²) in [6, 6.07) is 4.36. The molecule has 0 aliphatic heterocycles. The summed E-state index contributed by atoms with van der Waals surface area (Å²) in [4.78, 5) is 0. The van der Waals surface area contributed by atoms with Gasteiger partial charge in [0.2, 0.25) is 5.75 Å². The summed E-state index contributed by atoms with van der Waals surface area (Å²) in [6.07, 6.45) is 7.26. The Bertz CT molecular complexity index is 762. The van der Waals surface area contributed by atoms with Gasteiger partial charge in [0, 0.05) is 16.9 Å². The average molecular weight is 406 g/mol. The van der Waals surface area contributed by atoms with E-state index in [2.05, 4.69) is 28.6 Å². The van der Waals surface area contributed by atoms with E-state index in [0.717, 1.165) is 23.0 Å². The van der Waals surface area contributed by atoms with Crippen LogP contribution >= 0.6 is 11.8 Å². The maximum Gasteiger partial charge on any atom is 0.203 e. The lowest BCUT2D eigenvalue weighted by molar-refractivity contribution is 0.324. The van der Waals surface area contributed by atoms with Crippen LogP contribution in [0.2, 0.25) is 0 Å². The van der Waals surface area contributed by atoms with E-state index < -0.39 is 0 Å². The number of benzene rings is 1. The minimum absolute atomic E-state index is 0.435. The molecular formula is C21H31N3O3S. The number of nitrogens with zero attached hydrogens (tertiary/aromatic N) is 3. The molecule has 1 atom stereocenters. The van der Waals surface area contributed by atoms with Crippen molar-refractivity contribution in [3.63, 3.8) is 0 Å². The monoisotopic (exact) mass is 405 g/mol. The van der Waals surface area contributed by atoms with Crippen LogP contribution in [-0.2, 0) is 0 Å². The number of aromatic nitrogens is 3. The zero-order chi connectivity index (χ0) is 20.1. The minimum atomic E-state index is 0.435. The van der Waals surface area contributed by atoms with Crippen LogP contribution in [0.25, 0.3) is 11.4 Å². The lowest BCUT2D eigenvalue weighted by atomic mass is 9.95. The molecule has 28 heavy (non-hydrogen) atoms. The van der Waals surface area contributed by atoms with Gasteiger partial charge in [0.25, 0.3) is 0 Å². The molecule has 0 bridgehead atoms. The van der Waals surface area contributed by atoms with Crippen LogP contribution in [-0.4, -0.2) is 41.3 Å². The van der Waals surface area contributed by atoms with Gasteiger partial charge in [0.1, 0.15) is 0 Å². The SMILES string of the molecule is CCC(C)Sc1nnc(-c2cc(OC)c(OC)c(OC)c2)n1C1CCCCC1. The number of hydrogen-bond donors (Lipinski definition) is 0. The van der Waals surface area contributed by atoms with Crippen LogP contribution < -0.4 is 14.2 Å². The second kappa shape index (κ2) is 9.54. The first kappa shape index (κ1) is 20.8. The summed E-state index contributed by atoms with van der Waals surface area (Å²) < 4.78 is 18.9. The molecule has 3 rings (SSSR count). The van der Waals surface area contributed by atoms with Crippen LogP contribution in [0.3, 0.4) is 0 Å². The Balaban J connectivity index is 2.10. The number of ether oxygens (including phenoxy) is 3. The predicted octanol–water partition coefficient (Wildman–Crippen LogP) is 5.37. The molecular weight excluding hydrogens is 374 g/mol. The van der Waals surface area contributed by atoms with Crippen LogP contribution in [0.1, 0.15) is 58.4 Å². The molecule has 6 nitrogen and oxygen atoms in total. The zero-order valence-electron chi connectivity index (χ0n) is 17.5. The number of thioether (sulfide) groups is 1. The molecule has 7 heteroatoms. The molecule has 154 valence electrons. The number of rotatable bonds is 8.